The number of carbonyl (C=O) groups is 1. The van der Waals surface area contributed by atoms with E-state index in [1.807, 2.05) is 18.2 Å². The zero-order chi connectivity index (χ0) is 16.7. The van der Waals surface area contributed by atoms with E-state index in [2.05, 4.69) is 10.5 Å². The maximum absolute atomic E-state index is 12.0. The summed E-state index contributed by atoms with van der Waals surface area (Å²) < 4.78 is 11.2. The van der Waals surface area contributed by atoms with Gasteiger partial charge in [-0.25, -0.2) is 0 Å². The molecule has 0 spiro atoms. The van der Waals surface area contributed by atoms with Gasteiger partial charge in [-0.1, -0.05) is 29.4 Å². The van der Waals surface area contributed by atoms with Crippen LogP contribution in [0.4, 0.5) is 0 Å². The molecule has 0 unspecified atom stereocenters. The first-order chi connectivity index (χ1) is 11.2. The molecule has 2 aromatic rings. The maximum Gasteiger partial charge on any atom is 0.273 e. The average molecular weight is 314 g/mol. The topological polar surface area (TPSA) is 69.2 Å². The number of likely N-dealkylation sites (N-methyl/N-ethyl adjacent to an activating group) is 1. The lowest BCUT2D eigenvalue weighted by Gasteiger charge is -2.13. The Morgan fingerprint density at radius 3 is 2.17 bits per heavy atom. The Balaban J connectivity index is 2.45. The highest BCUT2D eigenvalue weighted by Gasteiger charge is 2.19. The highest BCUT2D eigenvalue weighted by atomic mass is 16.6. The van der Waals surface area contributed by atoms with Gasteiger partial charge in [-0.2, -0.15) is 0 Å². The van der Waals surface area contributed by atoms with Crippen molar-refractivity contribution >= 4 is 11.6 Å². The average Bonchev–Trinajstić information content (AvgIpc) is 2.60. The zero-order valence-corrected chi connectivity index (χ0v) is 13.2. The number of nitrogens with zero attached hydrogens (tertiary/aromatic N) is 1. The van der Waals surface area contributed by atoms with Crippen molar-refractivity contribution in [3.8, 4) is 17.2 Å². The van der Waals surface area contributed by atoms with Crippen LogP contribution in [0.3, 0.4) is 0 Å². The lowest BCUT2D eigenvalue weighted by atomic mass is 10.1. The lowest BCUT2D eigenvalue weighted by molar-refractivity contribution is -0.114. The first-order valence-corrected chi connectivity index (χ1v) is 6.94. The van der Waals surface area contributed by atoms with Gasteiger partial charge in [0.2, 0.25) is 0 Å². The third kappa shape index (κ3) is 3.79. The van der Waals surface area contributed by atoms with E-state index in [1.54, 1.807) is 37.4 Å². The fourth-order valence-electron chi connectivity index (χ4n) is 2.00. The fraction of sp³-hybridized carbons (Fsp3) is 0.176. The van der Waals surface area contributed by atoms with Crippen LogP contribution < -0.4 is 14.8 Å². The Kier molecular flexibility index (Phi) is 5.57. The molecule has 2 aromatic carbocycles. The van der Waals surface area contributed by atoms with Crippen molar-refractivity contribution in [1.29, 1.82) is 0 Å². The van der Waals surface area contributed by atoms with Crippen molar-refractivity contribution < 1.29 is 19.1 Å². The first-order valence-electron chi connectivity index (χ1n) is 6.94. The molecule has 1 amide bonds. The number of oxime groups is 1. The van der Waals surface area contributed by atoms with E-state index >= 15 is 0 Å². The predicted octanol–water partition coefficient (Wildman–Crippen LogP) is 2.58. The van der Waals surface area contributed by atoms with Crippen molar-refractivity contribution in [2.45, 2.75) is 0 Å². The molecule has 0 aromatic heterocycles. The van der Waals surface area contributed by atoms with Gasteiger partial charge >= 0.3 is 0 Å². The normalized spacial score (nSPS) is 10.8. The highest BCUT2D eigenvalue weighted by Crippen LogP contribution is 2.32. The smallest absolute Gasteiger partial charge is 0.273 e. The minimum atomic E-state index is -0.372. The Hall–Kier alpha value is -3.02. The molecule has 0 aliphatic rings. The van der Waals surface area contributed by atoms with Crippen LogP contribution in [-0.4, -0.2) is 32.9 Å². The van der Waals surface area contributed by atoms with Gasteiger partial charge in [0.05, 0.1) is 12.7 Å². The molecule has 0 fully saturated rings. The van der Waals surface area contributed by atoms with E-state index in [9.17, 15) is 4.79 Å². The van der Waals surface area contributed by atoms with Crippen molar-refractivity contribution in [2.75, 3.05) is 21.3 Å². The number of ether oxygens (including phenoxy) is 2. The van der Waals surface area contributed by atoms with E-state index in [1.165, 1.54) is 14.2 Å². The quantitative estimate of drug-likeness (QED) is 0.657. The molecule has 0 bridgehead atoms. The zero-order valence-electron chi connectivity index (χ0n) is 13.2. The number of hydrogen-bond donors (Lipinski definition) is 1. The molecule has 6 heteroatoms. The van der Waals surface area contributed by atoms with Crippen LogP contribution in [0, 0.1) is 0 Å². The number of hydrogen-bond acceptors (Lipinski definition) is 5. The molecule has 0 saturated carbocycles. The van der Waals surface area contributed by atoms with Crippen LogP contribution in [0.2, 0.25) is 0 Å². The van der Waals surface area contributed by atoms with E-state index in [-0.39, 0.29) is 11.6 Å². The van der Waals surface area contributed by atoms with Crippen molar-refractivity contribution in [3.05, 3.63) is 54.1 Å². The number of rotatable bonds is 6. The van der Waals surface area contributed by atoms with Gasteiger partial charge in [0.1, 0.15) is 12.9 Å². The molecule has 0 atom stereocenters. The van der Waals surface area contributed by atoms with E-state index in [0.29, 0.717) is 22.8 Å². The molecule has 2 rings (SSSR count). The molecule has 0 heterocycles. The van der Waals surface area contributed by atoms with E-state index in [4.69, 9.17) is 14.3 Å². The minimum Gasteiger partial charge on any atom is -0.493 e. The first kappa shape index (κ1) is 16.4. The fourth-order valence-corrected chi connectivity index (χ4v) is 2.00. The summed E-state index contributed by atoms with van der Waals surface area (Å²) in [5, 5.41) is 6.34. The summed E-state index contributed by atoms with van der Waals surface area (Å²) in [5.41, 5.74) is 0.639. The molecule has 120 valence electrons. The third-order valence-electron chi connectivity index (χ3n) is 3.06. The number of para-hydroxylation sites is 3. The lowest BCUT2D eigenvalue weighted by Crippen LogP contribution is -2.28. The van der Waals surface area contributed by atoms with Gasteiger partial charge < -0.3 is 19.6 Å². The van der Waals surface area contributed by atoms with Gasteiger partial charge in [-0.05, 0) is 24.3 Å². The minimum absolute atomic E-state index is 0.125. The van der Waals surface area contributed by atoms with Crippen molar-refractivity contribution in [2.24, 2.45) is 5.16 Å². The molecule has 6 nitrogen and oxygen atoms in total. The SMILES string of the molecule is CNC(=O)C(=NOC)c1ccccc1Oc1ccccc1OC. The molecule has 0 aliphatic carbocycles. The van der Waals surface area contributed by atoms with E-state index < -0.39 is 0 Å². The largest absolute Gasteiger partial charge is 0.493 e. The Morgan fingerprint density at radius 2 is 1.57 bits per heavy atom. The summed E-state index contributed by atoms with van der Waals surface area (Å²) >= 11 is 0. The van der Waals surface area contributed by atoms with Gasteiger partial charge in [0.15, 0.2) is 17.2 Å². The van der Waals surface area contributed by atoms with E-state index in [0.717, 1.165) is 0 Å². The number of benzene rings is 2. The summed E-state index contributed by atoms with van der Waals surface area (Å²) in [6.07, 6.45) is 0. The van der Waals surface area contributed by atoms with Crippen LogP contribution in [0.5, 0.6) is 17.2 Å². The molecular weight excluding hydrogens is 296 g/mol. The summed E-state index contributed by atoms with van der Waals surface area (Å²) in [4.78, 5) is 16.8. The standard InChI is InChI=1S/C17H18N2O4/c1-18-17(20)16(19-22-3)12-8-4-5-9-13(12)23-15-11-7-6-10-14(15)21-2/h4-11H,1-3H3,(H,18,20). The summed E-state index contributed by atoms with van der Waals surface area (Å²) in [6.45, 7) is 0. The van der Waals surface area contributed by atoms with Gasteiger partial charge in [-0.15, -0.1) is 0 Å². The van der Waals surface area contributed by atoms with Crippen LogP contribution in [0.15, 0.2) is 53.7 Å². The van der Waals surface area contributed by atoms with Crippen molar-refractivity contribution in [3.63, 3.8) is 0 Å². The molecule has 0 aliphatic heterocycles. The Bertz CT molecular complexity index is 713. The molecule has 23 heavy (non-hydrogen) atoms. The second-order valence-electron chi connectivity index (χ2n) is 4.45. The van der Waals surface area contributed by atoms with Crippen LogP contribution >= 0.6 is 0 Å². The molecule has 1 N–H and O–H groups in total. The Labute approximate surface area is 134 Å². The Morgan fingerprint density at radius 1 is 0.957 bits per heavy atom. The summed E-state index contributed by atoms with van der Waals surface area (Å²) in [6, 6.07) is 14.3. The number of amides is 1. The predicted molar refractivity (Wildman–Crippen MR) is 87.1 cm³/mol. The van der Waals surface area contributed by atoms with Gasteiger partial charge in [0.25, 0.3) is 5.91 Å². The molecule has 0 saturated heterocycles. The van der Waals surface area contributed by atoms with Gasteiger partial charge in [0, 0.05) is 7.05 Å². The summed E-state index contributed by atoms with van der Waals surface area (Å²) in [7, 11) is 4.47. The maximum atomic E-state index is 12.0. The van der Waals surface area contributed by atoms with Crippen LogP contribution in [0.25, 0.3) is 0 Å². The second kappa shape index (κ2) is 7.84. The number of methoxy groups -OCH3 is 1. The monoisotopic (exact) mass is 314 g/mol. The highest BCUT2D eigenvalue weighted by molar-refractivity contribution is 6.45. The van der Waals surface area contributed by atoms with Crippen LogP contribution in [0.1, 0.15) is 5.56 Å². The van der Waals surface area contributed by atoms with Gasteiger partial charge in [-0.3, -0.25) is 4.79 Å². The summed E-state index contributed by atoms with van der Waals surface area (Å²) in [5.74, 6) is 1.22. The third-order valence-corrected chi connectivity index (χ3v) is 3.06. The molecular formula is C17H18N2O4. The van der Waals surface area contributed by atoms with Crippen LogP contribution in [-0.2, 0) is 9.63 Å². The molecule has 0 radical (unpaired) electrons. The second-order valence-corrected chi connectivity index (χ2v) is 4.45. The van der Waals surface area contributed by atoms with Crippen molar-refractivity contribution in [1.82, 2.24) is 5.32 Å². The number of nitrogens with one attached hydrogen (secondary N) is 1. The number of carbonyl (C=O) groups excluding carboxylic acids is 1.